The summed E-state index contributed by atoms with van der Waals surface area (Å²) in [7, 11) is 0. The van der Waals surface area contributed by atoms with Gasteiger partial charge in [-0.1, -0.05) is 6.07 Å². The zero-order chi connectivity index (χ0) is 9.42. The van der Waals surface area contributed by atoms with Crippen LogP contribution in [0.5, 0.6) is 0 Å². The summed E-state index contributed by atoms with van der Waals surface area (Å²) in [6, 6.07) is 6.00. The van der Waals surface area contributed by atoms with Gasteiger partial charge in [-0.25, -0.2) is 4.98 Å². The third-order valence-electron chi connectivity index (χ3n) is 1.92. The lowest BCUT2D eigenvalue weighted by molar-refractivity contribution is 1.17. The highest BCUT2D eigenvalue weighted by Crippen LogP contribution is 2.25. The fraction of sp³-hybridized carbons (Fsp3) is 0.222. The lowest BCUT2D eigenvalue weighted by Crippen LogP contribution is -1.80. The van der Waals surface area contributed by atoms with Gasteiger partial charge in [0.1, 0.15) is 5.82 Å². The third-order valence-corrected chi connectivity index (χ3v) is 2.52. The molecule has 0 amide bonds. The highest BCUT2D eigenvalue weighted by molar-refractivity contribution is 7.98. The highest BCUT2D eigenvalue weighted by Gasteiger charge is 2.03. The van der Waals surface area contributed by atoms with Gasteiger partial charge in [-0.3, -0.25) is 0 Å². The number of nitrogens with zero attached hydrogens (tertiary/aromatic N) is 1. The van der Waals surface area contributed by atoms with Gasteiger partial charge in [0.15, 0.2) is 0 Å². The number of fused-ring (bicyclic) bond motifs is 1. The molecule has 0 fully saturated rings. The average molecular weight is 210 g/mol. The average Bonchev–Trinajstić information content (AvgIpc) is 2.42. The molecule has 0 aliphatic carbocycles. The monoisotopic (exact) mass is 210 g/mol. The summed E-state index contributed by atoms with van der Waals surface area (Å²) >= 11 is 8.50. The van der Waals surface area contributed by atoms with E-state index in [0.717, 1.165) is 22.4 Å². The molecule has 2 nitrogen and oxygen atoms in total. The first-order valence-electron chi connectivity index (χ1n) is 3.99. The van der Waals surface area contributed by atoms with E-state index in [1.807, 2.05) is 25.1 Å². The molecule has 0 spiro atoms. The third kappa shape index (κ3) is 1.69. The molecule has 1 N–H and O–H groups in total. The van der Waals surface area contributed by atoms with E-state index in [0.29, 0.717) is 0 Å². The Kier molecular flexibility index (Phi) is 2.26. The lowest BCUT2D eigenvalue weighted by atomic mass is 10.2. The Morgan fingerprint density at radius 3 is 2.85 bits per heavy atom. The number of nitrogens with one attached hydrogen (secondary N) is 1. The molecule has 4 heteroatoms. The van der Waals surface area contributed by atoms with Crippen LogP contribution in [0, 0.1) is 6.92 Å². The van der Waals surface area contributed by atoms with Gasteiger partial charge in [0.25, 0.3) is 0 Å². The van der Waals surface area contributed by atoms with Gasteiger partial charge in [-0.05, 0) is 24.6 Å². The molecule has 68 valence electrons. The Morgan fingerprint density at radius 2 is 2.15 bits per heavy atom. The zero-order valence-corrected chi connectivity index (χ0v) is 8.94. The molecule has 0 atom stereocenters. The van der Waals surface area contributed by atoms with Crippen LogP contribution in [0.1, 0.15) is 16.0 Å². The van der Waals surface area contributed by atoms with Gasteiger partial charge >= 0.3 is 0 Å². The van der Waals surface area contributed by atoms with Gasteiger partial charge < -0.3 is 4.98 Å². The molecule has 1 heterocycles. The van der Waals surface area contributed by atoms with E-state index >= 15 is 0 Å². The van der Waals surface area contributed by atoms with Crippen LogP contribution in [-0.2, 0) is 0 Å². The lowest BCUT2D eigenvalue weighted by Gasteiger charge is -2.01. The summed E-state index contributed by atoms with van der Waals surface area (Å²) in [6.45, 7) is 1.94. The maximum Gasteiger partial charge on any atom is 0.104 e. The minimum atomic E-state index is -0.0343. The van der Waals surface area contributed by atoms with Crippen LogP contribution in [0.4, 0.5) is 0 Å². The number of H-pyrrole nitrogens is 1. The van der Waals surface area contributed by atoms with Crippen molar-refractivity contribution >= 4 is 36.3 Å². The first-order valence-corrected chi connectivity index (χ1v) is 5.02. The summed E-state index contributed by atoms with van der Waals surface area (Å²) in [5.41, 5.74) is 3.12. The maximum atomic E-state index is 4.31. The quantitative estimate of drug-likeness (QED) is 0.490. The largest absolute Gasteiger partial charge is 0.342 e. The van der Waals surface area contributed by atoms with Crippen LogP contribution in [0.25, 0.3) is 11.0 Å². The van der Waals surface area contributed by atoms with Crippen molar-refractivity contribution in [1.29, 1.82) is 0 Å². The van der Waals surface area contributed by atoms with Crippen molar-refractivity contribution in [1.82, 2.24) is 9.97 Å². The number of aromatic amines is 1. The van der Waals surface area contributed by atoms with E-state index in [2.05, 4.69) is 35.2 Å². The number of hydrogen-bond acceptors (Lipinski definition) is 3. The van der Waals surface area contributed by atoms with Crippen molar-refractivity contribution in [2.75, 3.05) is 0 Å². The minimum absolute atomic E-state index is 0.0343. The number of imidazole rings is 1. The van der Waals surface area contributed by atoms with Crippen LogP contribution >= 0.6 is 25.3 Å². The van der Waals surface area contributed by atoms with Crippen molar-refractivity contribution in [2.24, 2.45) is 0 Å². The van der Waals surface area contributed by atoms with Crippen molar-refractivity contribution in [3.63, 3.8) is 0 Å². The van der Waals surface area contributed by atoms with E-state index in [1.54, 1.807) is 0 Å². The Labute approximate surface area is 87.6 Å². The molecule has 0 saturated heterocycles. The van der Waals surface area contributed by atoms with Crippen molar-refractivity contribution < 1.29 is 0 Å². The molecule has 1 aromatic carbocycles. The van der Waals surface area contributed by atoms with Crippen molar-refractivity contribution in [2.45, 2.75) is 11.5 Å². The molecule has 2 rings (SSSR count). The molecule has 0 unspecified atom stereocenters. The topological polar surface area (TPSA) is 28.7 Å². The SMILES string of the molecule is Cc1nc2ccc(C(S)S)cc2[nH]1. The summed E-state index contributed by atoms with van der Waals surface area (Å²) in [5.74, 6) is 0.932. The normalized spacial score (nSPS) is 11.4. The standard InChI is InChI=1S/C9H10N2S2/c1-5-10-7-3-2-6(9(12)13)4-8(7)11-5/h2-4,9,12-13H,1H3,(H,10,11). The number of benzene rings is 1. The van der Waals surface area contributed by atoms with E-state index in [9.17, 15) is 0 Å². The fourth-order valence-corrected chi connectivity index (χ4v) is 1.64. The summed E-state index contributed by atoms with van der Waals surface area (Å²) in [6.07, 6.45) is 0. The minimum Gasteiger partial charge on any atom is -0.342 e. The van der Waals surface area contributed by atoms with E-state index in [4.69, 9.17) is 0 Å². The van der Waals surface area contributed by atoms with Crippen LogP contribution in [-0.4, -0.2) is 9.97 Å². The first-order chi connectivity index (χ1) is 6.16. The molecule has 13 heavy (non-hydrogen) atoms. The van der Waals surface area contributed by atoms with Crippen molar-refractivity contribution in [3.8, 4) is 0 Å². The van der Waals surface area contributed by atoms with E-state index < -0.39 is 0 Å². The number of aryl methyl sites for hydroxylation is 1. The Hall–Kier alpha value is -0.610. The second kappa shape index (κ2) is 3.27. The number of hydrogen-bond donors (Lipinski definition) is 3. The van der Waals surface area contributed by atoms with Crippen LogP contribution in [0.2, 0.25) is 0 Å². The summed E-state index contributed by atoms with van der Waals surface area (Å²) in [5, 5.41) is 0. The number of thiol groups is 2. The highest BCUT2D eigenvalue weighted by atomic mass is 32.2. The molecular weight excluding hydrogens is 200 g/mol. The number of rotatable bonds is 1. The van der Waals surface area contributed by atoms with E-state index in [1.165, 1.54) is 0 Å². The Morgan fingerprint density at radius 1 is 1.38 bits per heavy atom. The second-order valence-corrected chi connectivity index (χ2v) is 4.41. The van der Waals surface area contributed by atoms with Crippen LogP contribution in [0.3, 0.4) is 0 Å². The molecule has 0 aliphatic heterocycles. The Bertz CT molecular complexity index is 434. The van der Waals surface area contributed by atoms with Gasteiger partial charge in [-0.15, -0.1) is 0 Å². The molecule has 0 saturated carbocycles. The van der Waals surface area contributed by atoms with Gasteiger partial charge in [0.2, 0.25) is 0 Å². The summed E-state index contributed by atoms with van der Waals surface area (Å²) < 4.78 is -0.0343. The maximum absolute atomic E-state index is 4.31. The van der Waals surface area contributed by atoms with Gasteiger partial charge in [-0.2, -0.15) is 25.3 Å². The van der Waals surface area contributed by atoms with Gasteiger partial charge in [0, 0.05) is 0 Å². The summed E-state index contributed by atoms with van der Waals surface area (Å²) in [4.78, 5) is 7.48. The Balaban J connectivity index is 2.61. The molecular formula is C9H10N2S2. The molecule has 0 radical (unpaired) electrons. The van der Waals surface area contributed by atoms with Crippen molar-refractivity contribution in [3.05, 3.63) is 29.6 Å². The second-order valence-electron chi connectivity index (χ2n) is 2.97. The molecule has 0 aliphatic rings. The predicted octanol–water partition coefficient (Wildman–Crippen LogP) is 2.73. The molecule has 1 aromatic heterocycles. The van der Waals surface area contributed by atoms with E-state index in [-0.39, 0.29) is 4.58 Å². The first kappa shape index (κ1) is 8.97. The molecule has 0 bridgehead atoms. The van der Waals surface area contributed by atoms with Crippen LogP contribution in [0.15, 0.2) is 18.2 Å². The smallest absolute Gasteiger partial charge is 0.104 e. The van der Waals surface area contributed by atoms with Crippen LogP contribution < -0.4 is 0 Å². The number of aromatic nitrogens is 2. The molecule has 2 aromatic rings. The predicted molar refractivity (Wildman–Crippen MR) is 61.5 cm³/mol. The fourth-order valence-electron chi connectivity index (χ4n) is 1.32. The zero-order valence-electron chi connectivity index (χ0n) is 7.15. The van der Waals surface area contributed by atoms with Gasteiger partial charge in [0.05, 0.1) is 15.6 Å².